The van der Waals surface area contributed by atoms with Crippen LogP contribution in [0.1, 0.15) is 19.4 Å². The van der Waals surface area contributed by atoms with Crippen molar-refractivity contribution >= 4 is 29.3 Å². The molecular formula is C23H25ClN4O2S. The maximum Gasteiger partial charge on any atom is 0.233 e. The Morgan fingerprint density at radius 3 is 2.35 bits per heavy atom. The van der Waals surface area contributed by atoms with E-state index >= 15 is 0 Å². The second kappa shape index (κ2) is 9.42. The number of ether oxygens (including phenoxy) is 1. The van der Waals surface area contributed by atoms with Crippen LogP contribution in [0.2, 0.25) is 5.02 Å². The number of carbonyl (C=O) groups excluding carboxylic acids is 1. The third-order valence-electron chi connectivity index (χ3n) is 5.13. The summed E-state index contributed by atoms with van der Waals surface area (Å²) in [5, 5.41) is 10.2. The molecule has 1 saturated heterocycles. The Hall–Kier alpha value is -2.35. The van der Waals surface area contributed by atoms with Gasteiger partial charge in [0.1, 0.15) is 0 Å². The molecule has 2 atom stereocenters. The number of aromatic nitrogens is 3. The Bertz CT molecular complexity index is 1040. The van der Waals surface area contributed by atoms with Gasteiger partial charge in [0.05, 0.1) is 18.0 Å². The van der Waals surface area contributed by atoms with Gasteiger partial charge in [-0.3, -0.25) is 9.36 Å². The van der Waals surface area contributed by atoms with Gasteiger partial charge in [0.25, 0.3) is 0 Å². The van der Waals surface area contributed by atoms with E-state index in [0.717, 1.165) is 11.3 Å². The summed E-state index contributed by atoms with van der Waals surface area (Å²) in [6.45, 7) is 7.27. The van der Waals surface area contributed by atoms with E-state index in [4.69, 9.17) is 16.3 Å². The number of benzene rings is 2. The molecule has 2 heterocycles. The van der Waals surface area contributed by atoms with Crippen LogP contribution in [0.25, 0.3) is 17.1 Å². The molecule has 0 radical (unpaired) electrons. The Kier molecular flexibility index (Phi) is 6.65. The van der Waals surface area contributed by atoms with Crippen LogP contribution < -0.4 is 0 Å². The molecule has 4 rings (SSSR count). The lowest BCUT2D eigenvalue weighted by atomic mass is 10.2. The number of rotatable bonds is 5. The minimum Gasteiger partial charge on any atom is -0.372 e. The quantitative estimate of drug-likeness (QED) is 0.524. The second-order valence-corrected chi connectivity index (χ2v) is 9.21. The van der Waals surface area contributed by atoms with Gasteiger partial charge in [0.2, 0.25) is 5.91 Å². The fourth-order valence-electron chi connectivity index (χ4n) is 3.68. The molecule has 1 aliphatic heterocycles. The van der Waals surface area contributed by atoms with E-state index < -0.39 is 0 Å². The average molecular weight is 457 g/mol. The molecule has 8 heteroatoms. The van der Waals surface area contributed by atoms with E-state index in [0.29, 0.717) is 34.8 Å². The number of hydrogen-bond donors (Lipinski definition) is 0. The van der Waals surface area contributed by atoms with E-state index in [9.17, 15) is 4.79 Å². The van der Waals surface area contributed by atoms with Gasteiger partial charge in [-0.1, -0.05) is 41.1 Å². The number of amides is 1. The number of carbonyl (C=O) groups is 1. The molecule has 3 aromatic rings. The first-order valence-corrected chi connectivity index (χ1v) is 11.6. The van der Waals surface area contributed by atoms with Gasteiger partial charge in [0, 0.05) is 29.4 Å². The normalized spacial score (nSPS) is 18.9. The van der Waals surface area contributed by atoms with E-state index in [1.165, 1.54) is 17.3 Å². The Labute approximate surface area is 191 Å². The molecule has 2 unspecified atom stereocenters. The van der Waals surface area contributed by atoms with Crippen LogP contribution in [0.5, 0.6) is 0 Å². The zero-order valence-corrected chi connectivity index (χ0v) is 19.4. The molecular weight excluding hydrogens is 432 g/mol. The highest BCUT2D eigenvalue weighted by Gasteiger charge is 2.26. The minimum absolute atomic E-state index is 0.0467. The Morgan fingerprint density at radius 1 is 1.06 bits per heavy atom. The van der Waals surface area contributed by atoms with Gasteiger partial charge in [-0.05, 0) is 57.2 Å². The number of hydrogen-bond acceptors (Lipinski definition) is 5. The highest BCUT2D eigenvalue weighted by Crippen LogP contribution is 2.29. The molecule has 1 aromatic heterocycles. The van der Waals surface area contributed by atoms with Gasteiger partial charge >= 0.3 is 0 Å². The van der Waals surface area contributed by atoms with Crippen molar-refractivity contribution in [2.24, 2.45) is 0 Å². The highest BCUT2D eigenvalue weighted by molar-refractivity contribution is 7.99. The van der Waals surface area contributed by atoms with Crippen molar-refractivity contribution in [3.05, 3.63) is 59.1 Å². The van der Waals surface area contributed by atoms with E-state index in [1.54, 1.807) is 0 Å². The van der Waals surface area contributed by atoms with Gasteiger partial charge in [0.15, 0.2) is 11.0 Å². The molecule has 6 nitrogen and oxygen atoms in total. The Balaban J connectivity index is 1.60. The largest absolute Gasteiger partial charge is 0.372 e. The second-order valence-electron chi connectivity index (χ2n) is 7.83. The number of halogens is 1. The van der Waals surface area contributed by atoms with Crippen LogP contribution in [0.3, 0.4) is 0 Å². The number of thioether (sulfide) groups is 1. The minimum atomic E-state index is 0.0467. The molecule has 0 aliphatic carbocycles. The van der Waals surface area contributed by atoms with Crippen molar-refractivity contribution in [3.63, 3.8) is 0 Å². The lowest BCUT2D eigenvalue weighted by Gasteiger charge is -2.35. The standard InChI is InChI=1S/C23H25ClN4O2S/c1-15-4-10-20(11-5-15)28-22(18-6-8-19(24)9-7-18)25-26-23(28)31-14-21(29)27-12-16(2)30-17(3)13-27/h4-11,16-17H,12-14H2,1-3H3. The molecule has 2 aromatic carbocycles. The summed E-state index contributed by atoms with van der Waals surface area (Å²) in [6.07, 6.45) is 0.0934. The topological polar surface area (TPSA) is 60.2 Å². The van der Waals surface area contributed by atoms with Crippen molar-refractivity contribution < 1.29 is 9.53 Å². The van der Waals surface area contributed by atoms with E-state index in [2.05, 4.69) is 29.3 Å². The van der Waals surface area contributed by atoms with Gasteiger partial charge < -0.3 is 9.64 Å². The van der Waals surface area contributed by atoms with Crippen molar-refractivity contribution in [1.82, 2.24) is 19.7 Å². The van der Waals surface area contributed by atoms with Crippen molar-refractivity contribution in [2.45, 2.75) is 38.1 Å². The maximum atomic E-state index is 12.8. The molecule has 0 saturated carbocycles. The third-order valence-corrected chi connectivity index (χ3v) is 6.29. The number of morpholine rings is 1. The average Bonchev–Trinajstić information content (AvgIpc) is 3.16. The van der Waals surface area contributed by atoms with Crippen LogP contribution in [0, 0.1) is 6.92 Å². The first-order valence-electron chi connectivity index (χ1n) is 10.2. The predicted molar refractivity (Wildman–Crippen MR) is 124 cm³/mol. The lowest BCUT2D eigenvalue weighted by Crippen LogP contribution is -2.48. The van der Waals surface area contributed by atoms with Gasteiger partial charge in [-0.15, -0.1) is 10.2 Å². The molecule has 1 amide bonds. The van der Waals surface area contributed by atoms with Crippen LogP contribution in [-0.4, -0.2) is 56.6 Å². The molecule has 0 bridgehead atoms. The van der Waals surface area contributed by atoms with Crippen molar-refractivity contribution in [1.29, 1.82) is 0 Å². The van der Waals surface area contributed by atoms with Gasteiger partial charge in [-0.25, -0.2) is 0 Å². The summed E-state index contributed by atoms with van der Waals surface area (Å²) in [5.41, 5.74) is 3.03. The fraction of sp³-hybridized carbons (Fsp3) is 0.348. The van der Waals surface area contributed by atoms with E-state index in [-0.39, 0.29) is 18.1 Å². The predicted octanol–water partition coefficient (Wildman–Crippen LogP) is 4.62. The maximum absolute atomic E-state index is 12.8. The first-order chi connectivity index (χ1) is 14.9. The van der Waals surface area contributed by atoms with Crippen molar-refractivity contribution in [2.75, 3.05) is 18.8 Å². The molecule has 162 valence electrons. The van der Waals surface area contributed by atoms with Gasteiger partial charge in [-0.2, -0.15) is 0 Å². The zero-order chi connectivity index (χ0) is 22.0. The molecule has 31 heavy (non-hydrogen) atoms. The first kappa shape index (κ1) is 21.9. The molecule has 1 aliphatic rings. The zero-order valence-electron chi connectivity index (χ0n) is 17.8. The van der Waals surface area contributed by atoms with Crippen LogP contribution >= 0.6 is 23.4 Å². The summed E-state index contributed by atoms with van der Waals surface area (Å²) < 4.78 is 7.73. The summed E-state index contributed by atoms with van der Waals surface area (Å²) in [6, 6.07) is 15.7. The monoisotopic (exact) mass is 456 g/mol. The number of aryl methyl sites for hydroxylation is 1. The summed E-state index contributed by atoms with van der Waals surface area (Å²) in [7, 11) is 0. The number of nitrogens with zero attached hydrogens (tertiary/aromatic N) is 4. The van der Waals surface area contributed by atoms with Crippen LogP contribution in [0.15, 0.2) is 53.7 Å². The summed E-state index contributed by atoms with van der Waals surface area (Å²) >= 11 is 7.46. The molecule has 1 fully saturated rings. The summed E-state index contributed by atoms with van der Waals surface area (Å²) in [4.78, 5) is 14.7. The van der Waals surface area contributed by atoms with Crippen LogP contribution in [0.4, 0.5) is 0 Å². The lowest BCUT2D eigenvalue weighted by molar-refractivity contribution is -0.140. The smallest absolute Gasteiger partial charge is 0.233 e. The van der Waals surface area contributed by atoms with Crippen LogP contribution in [-0.2, 0) is 9.53 Å². The highest BCUT2D eigenvalue weighted by atomic mass is 35.5. The SMILES string of the molecule is Cc1ccc(-n2c(SCC(=O)N3CC(C)OC(C)C3)nnc2-c2ccc(Cl)cc2)cc1. The Morgan fingerprint density at radius 2 is 1.71 bits per heavy atom. The van der Waals surface area contributed by atoms with E-state index in [1.807, 2.05) is 59.7 Å². The molecule has 0 N–H and O–H groups in total. The van der Waals surface area contributed by atoms with Crippen molar-refractivity contribution in [3.8, 4) is 17.1 Å². The molecule has 0 spiro atoms. The fourth-order valence-corrected chi connectivity index (χ4v) is 4.66. The summed E-state index contributed by atoms with van der Waals surface area (Å²) in [5.74, 6) is 1.09. The third kappa shape index (κ3) is 5.11.